The zero-order chi connectivity index (χ0) is 14.8. The molecule has 0 aromatic carbocycles. The van der Waals surface area contributed by atoms with E-state index in [2.05, 4.69) is 43.5 Å². The van der Waals surface area contributed by atoms with Gasteiger partial charge in [-0.3, -0.25) is 5.10 Å². The van der Waals surface area contributed by atoms with Crippen molar-refractivity contribution in [1.29, 1.82) is 0 Å². The van der Waals surface area contributed by atoms with E-state index in [0.717, 1.165) is 28.3 Å². The maximum atomic E-state index is 8.96. The van der Waals surface area contributed by atoms with E-state index in [0.29, 0.717) is 18.2 Å². The molecule has 0 aliphatic heterocycles. The molecule has 3 aromatic rings. The van der Waals surface area contributed by atoms with Crippen LogP contribution in [0.3, 0.4) is 0 Å². The molecule has 0 bridgehead atoms. The minimum atomic E-state index is -0.169. The summed E-state index contributed by atoms with van der Waals surface area (Å²) in [7, 11) is 0. The number of hydrogen-bond donors (Lipinski definition) is 3. The van der Waals surface area contributed by atoms with Gasteiger partial charge in [-0.1, -0.05) is 6.92 Å². The summed E-state index contributed by atoms with van der Waals surface area (Å²) in [4.78, 5) is 15.4. The Bertz CT molecular complexity index is 765. The summed E-state index contributed by atoms with van der Waals surface area (Å²) in [5, 5.41) is 19.9. The number of anilines is 1. The molecular weight excluding hydrogens is 288 g/mol. The second-order valence-electron chi connectivity index (χ2n) is 4.61. The average Bonchev–Trinajstić information content (AvgIpc) is 3.10. The normalized spacial score (nSPS) is 11.2. The third-order valence-corrected chi connectivity index (χ3v) is 4.22. The predicted octanol–water partition coefficient (Wildman–Crippen LogP) is 1.78. The molecule has 3 aromatic heterocycles. The van der Waals surface area contributed by atoms with E-state index in [4.69, 9.17) is 5.11 Å². The Morgan fingerprint density at radius 1 is 1.33 bits per heavy atom. The Hall–Kier alpha value is -2.06. The number of aromatic nitrogens is 5. The van der Waals surface area contributed by atoms with Crippen LogP contribution in [-0.2, 0) is 19.6 Å². The standard InChI is InChI=1S/C13H16N6OS/c1-3-8-4-9-12(15-7(2)16-13(9)21-8)14-5-10-17-11(6-20)19-18-10/h4,20H,3,5-6H2,1-2H3,(H,14,15,16)(H,17,18,19). The lowest BCUT2D eigenvalue weighted by molar-refractivity contribution is 0.271. The first-order valence-electron chi connectivity index (χ1n) is 6.71. The maximum absolute atomic E-state index is 8.96. The fraction of sp³-hybridized carbons (Fsp3) is 0.385. The van der Waals surface area contributed by atoms with Gasteiger partial charge in [-0.15, -0.1) is 11.3 Å². The molecule has 0 amide bonds. The number of thiophene rings is 1. The van der Waals surface area contributed by atoms with Crippen LogP contribution < -0.4 is 5.32 Å². The van der Waals surface area contributed by atoms with E-state index in [-0.39, 0.29) is 6.61 Å². The molecule has 3 N–H and O–H groups in total. The Morgan fingerprint density at radius 2 is 2.19 bits per heavy atom. The number of H-pyrrole nitrogens is 1. The number of hydrogen-bond acceptors (Lipinski definition) is 7. The van der Waals surface area contributed by atoms with Gasteiger partial charge in [-0.2, -0.15) is 5.10 Å². The molecule has 0 spiro atoms. The minimum absolute atomic E-state index is 0.169. The van der Waals surface area contributed by atoms with Crippen LogP contribution in [-0.4, -0.2) is 30.3 Å². The zero-order valence-corrected chi connectivity index (χ0v) is 12.7. The van der Waals surface area contributed by atoms with Gasteiger partial charge in [0.15, 0.2) is 5.82 Å². The highest BCUT2D eigenvalue weighted by molar-refractivity contribution is 7.18. The van der Waals surface area contributed by atoms with E-state index in [1.807, 2.05) is 6.92 Å². The summed E-state index contributed by atoms with van der Waals surface area (Å²) < 4.78 is 0. The number of nitrogens with zero attached hydrogens (tertiary/aromatic N) is 4. The van der Waals surface area contributed by atoms with Crippen LogP contribution in [0.15, 0.2) is 6.07 Å². The molecule has 0 saturated carbocycles. The largest absolute Gasteiger partial charge is 0.388 e. The summed E-state index contributed by atoms with van der Waals surface area (Å²) in [5.41, 5.74) is 0. The fourth-order valence-corrected chi connectivity index (χ4v) is 3.05. The predicted molar refractivity (Wildman–Crippen MR) is 81.2 cm³/mol. The molecule has 0 radical (unpaired) electrons. The summed E-state index contributed by atoms with van der Waals surface area (Å²) in [5.74, 6) is 2.59. The van der Waals surface area contributed by atoms with Crippen molar-refractivity contribution in [3.8, 4) is 0 Å². The highest BCUT2D eigenvalue weighted by Crippen LogP contribution is 2.29. The first kappa shape index (κ1) is 13.9. The number of fused-ring (bicyclic) bond motifs is 1. The van der Waals surface area contributed by atoms with Crippen molar-refractivity contribution in [2.45, 2.75) is 33.4 Å². The summed E-state index contributed by atoms with van der Waals surface area (Å²) >= 11 is 1.70. The van der Waals surface area contributed by atoms with Crippen molar-refractivity contribution in [1.82, 2.24) is 25.1 Å². The zero-order valence-electron chi connectivity index (χ0n) is 11.8. The average molecular weight is 304 g/mol. The van der Waals surface area contributed by atoms with E-state index < -0.39 is 0 Å². The molecule has 21 heavy (non-hydrogen) atoms. The van der Waals surface area contributed by atoms with Crippen molar-refractivity contribution in [2.24, 2.45) is 0 Å². The first-order chi connectivity index (χ1) is 10.2. The Balaban J connectivity index is 1.86. The first-order valence-corrected chi connectivity index (χ1v) is 7.53. The number of aliphatic hydroxyl groups is 1. The van der Waals surface area contributed by atoms with Crippen LogP contribution in [0.4, 0.5) is 5.82 Å². The second kappa shape index (κ2) is 5.74. The molecule has 110 valence electrons. The van der Waals surface area contributed by atoms with Gasteiger partial charge in [0.2, 0.25) is 0 Å². The van der Waals surface area contributed by atoms with Crippen molar-refractivity contribution in [2.75, 3.05) is 5.32 Å². The topological polar surface area (TPSA) is 99.6 Å². The van der Waals surface area contributed by atoms with Gasteiger partial charge in [-0.05, 0) is 19.4 Å². The van der Waals surface area contributed by atoms with Gasteiger partial charge in [0.25, 0.3) is 0 Å². The molecule has 0 unspecified atom stereocenters. The monoisotopic (exact) mass is 304 g/mol. The highest BCUT2D eigenvalue weighted by atomic mass is 32.1. The number of rotatable bonds is 5. The molecule has 8 heteroatoms. The van der Waals surface area contributed by atoms with Crippen molar-refractivity contribution in [3.05, 3.63) is 28.4 Å². The smallest absolute Gasteiger partial charge is 0.176 e. The van der Waals surface area contributed by atoms with Gasteiger partial charge in [0.1, 0.15) is 28.9 Å². The van der Waals surface area contributed by atoms with Crippen molar-refractivity contribution in [3.63, 3.8) is 0 Å². The lowest BCUT2D eigenvalue weighted by Gasteiger charge is -2.05. The van der Waals surface area contributed by atoms with Crippen molar-refractivity contribution < 1.29 is 5.11 Å². The fourth-order valence-electron chi connectivity index (χ4n) is 2.04. The Kier molecular flexibility index (Phi) is 3.80. The van der Waals surface area contributed by atoms with E-state index >= 15 is 0 Å². The van der Waals surface area contributed by atoms with Crippen LogP contribution in [0.25, 0.3) is 10.2 Å². The second-order valence-corrected chi connectivity index (χ2v) is 5.73. The van der Waals surface area contributed by atoms with Gasteiger partial charge >= 0.3 is 0 Å². The molecule has 0 atom stereocenters. The summed E-state index contributed by atoms with van der Waals surface area (Å²) in [6.07, 6.45) is 0.988. The van der Waals surface area contributed by atoms with Crippen LogP contribution in [0, 0.1) is 6.92 Å². The molecule has 0 fully saturated rings. The molecule has 3 rings (SSSR count). The van der Waals surface area contributed by atoms with E-state index in [1.165, 1.54) is 4.88 Å². The quantitative estimate of drug-likeness (QED) is 0.664. The molecule has 3 heterocycles. The SMILES string of the molecule is CCc1cc2c(NCc3nc(CO)n[nH]3)nc(C)nc2s1. The van der Waals surface area contributed by atoms with Gasteiger partial charge in [0.05, 0.1) is 11.9 Å². The number of aliphatic hydroxyl groups excluding tert-OH is 1. The van der Waals surface area contributed by atoms with E-state index in [9.17, 15) is 0 Å². The van der Waals surface area contributed by atoms with Gasteiger partial charge in [0, 0.05) is 4.88 Å². The van der Waals surface area contributed by atoms with E-state index in [1.54, 1.807) is 11.3 Å². The third-order valence-electron chi connectivity index (χ3n) is 3.05. The summed E-state index contributed by atoms with van der Waals surface area (Å²) in [6, 6.07) is 2.13. The lowest BCUT2D eigenvalue weighted by Crippen LogP contribution is -2.05. The van der Waals surface area contributed by atoms with Crippen LogP contribution in [0.5, 0.6) is 0 Å². The number of aromatic amines is 1. The molecule has 0 aliphatic carbocycles. The molecular formula is C13H16N6OS. The lowest BCUT2D eigenvalue weighted by atomic mass is 10.3. The van der Waals surface area contributed by atoms with Crippen LogP contribution >= 0.6 is 11.3 Å². The number of aryl methyl sites for hydroxylation is 2. The Morgan fingerprint density at radius 3 is 2.90 bits per heavy atom. The molecule has 0 aliphatic rings. The summed E-state index contributed by atoms with van der Waals surface area (Å²) in [6.45, 7) is 4.31. The Labute approximate surface area is 125 Å². The van der Waals surface area contributed by atoms with Gasteiger partial charge in [-0.25, -0.2) is 15.0 Å². The molecule has 7 nitrogen and oxygen atoms in total. The number of nitrogens with one attached hydrogen (secondary N) is 2. The molecule has 0 saturated heterocycles. The third kappa shape index (κ3) is 2.86. The minimum Gasteiger partial charge on any atom is -0.388 e. The maximum Gasteiger partial charge on any atom is 0.176 e. The van der Waals surface area contributed by atoms with Crippen LogP contribution in [0.1, 0.15) is 29.3 Å². The van der Waals surface area contributed by atoms with Gasteiger partial charge < -0.3 is 10.4 Å². The van der Waals surface area contributed by atoms with Crippen LogP contribution in [0.2, 0.25) is 0 Å². The highest BCUT2D eigenvalue weighted by Gasteiger charge is 2.10. The van der Waals surface area contributed by atoms with Crippen molar-refractivity contribution >= 4 is 27.4 Å².